The molecule has 1 rings (SSSR count). The Morgan fingerprint density at radius 3 is 2.09 bits per heavy atom. The Hall–Kier alpha value is -1.85. The van der Waals surface area contributed by atoms with Crippen molar-refractivity contribution in [2.24, 2.45) is 23.7 Å². The lowest BCUT2D eigenvalue weighted by atomic mass is 9.70. The Balaban J connectivity index is 3.23. The van der Waals surface area contributed by atoms with Crippen LogP contribution in [0.15, 0.2) is 12.2 Å². The molecule has 23 heavy (non-hydrogen) atoms. The second kappa shape index (κ2) is 8.70. The van der Waals surface area contributed by atoms with Gasteiger partial charge in [-0.25, -0.2) is 0 Å². The van der Waals surface area contributed by atoms with Gasteiger partial charge in [-0.05, 0) is 26.7 Å². The fourth-order valence-electron chi connectivity index (χ4n) is 3.10. The maximum Gasteiger partial charge on any atom is 0.313 e. The summed E-state index contributed by atoms with van der Waals surface area (Å²) in [5.41, 5.74) is 0. The summed E-state index contributed by atoms with van der Waals surface area (Å²) in [5, 5.41) is 0. The fourth-order valence-corrected chi connectivity index (χ4v) is 3.10. The largest absolute Gasteiger partial charge is 0.469 e. The first kappa shape index (κ1) is 19.2. The normalized spacial score (nSPS) is 26.5. The van der Waals surface area contributed by atoms with E-state index in [1.165, 1.54) is 7.11 Å². The van der Waals surface area contributed by atoms with Gasteiger partial charge in [0, 0.05) is 13.1 Å². The van der Waals surface area contributed by atoms with Gasteiger partial charge in [-0.1, -0.05) is 19.1 Å². The van der Waals surface area contributed by atoms with Crippen LogP contribution in [0.5, 0.6) is 0 Å². The molecule has 0 saturated heterocycles. The molecule has 0 aliphatic heterocycles. The average Bonchev–Trinajstić information content (AvgIpc) is 2.54. The van der Waals surface area contributed by atoms with Gasteiger partial charge in [0.25, 0.3) is 0 Å². The zero-order chi connectivity index (χ0) is 17.6. The Morgan fingerprint density at radius 1 is 1.00 bits per heavy atom. The maximum absolute atomic E-state index is 12.9. The Kier molecular flexibility index (Phi) is 7.26. The van der Waals surface area contributed by atoms with E-state index >= 15 is 0 Å². The highest BCUT2D eigenvalue weighted by Gasteiger charge is 2.48. The number of hydrogen-bond acceptors (Lipinski definition) is 5. The van der Waals surface area contributed by atoms with E-state index in [1.54, 1.807) is 17.9 Å². The third-order valence-corrected chi connectivity index (χ3v) is 4.35. The van der Waals surface area contributed by atoms with Crippen molar-refractivity contribution in [2.75, 3.05) is 26.8 Å². The summed E-state index contributed by atoms with van der Waals surface area (Å²) in [7, 11) is 1.27. The molecule has 4 atom stereocenters. The van der Waals surface area contributed by atoms with Crippen LogP contribution in [0.2, 0.25) is 0 Å². The van der Waals surface area contributed by atoms with E-state index in [-0.39, 0.29) is 18.4 Å². The highest BCUT2D eigenvalue weighted by atomic mass is 16.5. The molecule has 130 valence electrons. The van der Waals surface area contributed by atoms with E-state index in [9.17, 15) is 14.4 Å². The molecular formula is C17H27NO5. The van der Waals surface area contributed by atoms with Gasteiger partial charge in [0.2, 0.25) is 5.91 Å². The summed E-state index contributed by atoms with van der Waals surface area (Å²) < 4.78 is 9.93. The molecule has 6 nitrogen and oxygen atoms in total. The van der Waals surface area contributed by atoms with Crippen LogP contribution in [0.4, 0.5) is 0 Å². The summed E-state index contributed by atoms with van der Waals surface area (Å²) >= 11 is 0. The van der Waals surface area contributed by atoms with Crippen molar-refractivity contribution in [3.05, 3.63) is 12.2 Å². The van der Waals surface area contributed by atoms with Crippen molar-refractivity contribution in [2.45, 2.75) is 27.7 Å². The molecule has 1 amide bonds. The molecule has 1 aliphatic carbocycles. The minimum Gasteiger partial charge on any atom is -0.469 e. The van der Waals surface area contributed by atoms with Crippen LogP contribution in [0.25, 0.3) is 0 Å². The minimum absolute atomic E-state index is 0.128. The molecule has 0 bridgehead atoms. The van der Waals surface area contributed by atoms with Gasteiger partial charge in [-0.15, -0.1) is 0 Å². The molecule has 0 unspecified atom stereocenters. The Bertz CT molecular complexity index is 470. The number of carbonyl (C=O) groups is 3. The molecule has 0 aromatic carbocycles. The molecule has 0 fully saturated rings. The lowest BCUT2D eigenvalue weighted by Crippen LogP contribution is -2.49. The first-order valence-corrected chi connectivity index (χ1v) is 8.14. The van der Waals surface area contributed by atoms with Crippen molar-refractivity contribution in [3.63, 3.8) is 0 Å². The van der Waals surface area contributed by atoms with Crippen LogP contribution in [-0.2, 0) is 23.9 Å². The second-order valence-electron chi connectivity index (χ2n) is 5.61. The van der Waals surface area contributed by atoms with Gasteiger partial charge >= 0.3 is 11.9 Å². The van der Waals surface area contributed by atoms with Crippen LogP contribution >= 0.6 is 0 Å². The number of nitrogens with zero attached hydrogens (tertiary/aromatic N) is 1. The van der Waals surface area contributed by atoms with Gasteiger partial charge in [0.05, 0.1) is 31.5 Å². The molecule has 6 heteroatoms. The molecule has 0 aromatic heterocycles. The van der Waals surface area contributed by atoms with Gasteiger partial charge in [-0.3, -0.25) is 14.4 Å². The van der Waals surface area contributed by atoms with Crippen molar-refractivity contribution in [3.8, 4) is 0 Å². The van der Waals surface area contributed by atoms with Crippen LogP contribution in [0.3, 0.4) is 0 Å². The molecule has 1 aliphatic rings. The SMILES string of the molecule is CCOC(=O)[C@@H]1C=C[C@H](C)[C@H](C(=O)N(CC)CC)[C@@H]1C(=O)OC. The number of hydrogen-bond donors (Lipinski definition) is 0. The molecule has 0 spiro atoms. The molecule has 0 radical (unpaired) electrons. The van der Waals surface area contributed by atoms with E-state index in [0.29, 0.717) is 13.1 Å². The number of ether oxygens (including phenoxy) is 2. The monoisotopic (exact) mass is 325 g/mol. The predicted octanol–water partition coefficient (Wildman–Crippen LogP) is 1.65. The number of esters is 2. The van der Waals surface area contributed by atoms with Gasteiger partial charge in [0.1, 0.15) is 0 Å². The highest BCUT2D eigenvalue weighted by Crippen LogP contribution is 2.37. The van der Waals surface area contributed by atoms with E-state index < -0.39 is 29.7 Å². The topological polar surface area (TPSA) is 72.9 Å². The quantitative estimate of drug-likeness (QED) is 0.548. The van der Waals surface area contributed by atoms with Gasteiger partial charge in [0.15, 0.2) is 0 Å². The van der Waals surface area contributed by atoms with E-state index in [1.807, 2.05) is 26.8 Å². The smallest absolute Gasteiger partial charge is 0.313 e. The minimum atomic E-state index is -0.854. The zero-order valence-electron chi connectivity index (χ0n) is 14.6. The average molecular weight is 325 g/mol. The fraction of sp³-hybridized carbons (Fsp3) is 0.706. The van der Waals surface area contributed by atoms with E-state index in [4.69, 9.17) is 9.47 Å². The molecular weight excluding hydrogens is 298 g/mol. The highest BCUT2D eigenvalue weighted by molar-refractivity contribution is 5.91. The predicted molar refractivity (Wildman–Crippen MR) is 85.4 cm³/mol. The van der Waals surface area contributed by atoms with Gasteiger partial charge in [-0.2, -0.15) is 0 Å². The Morgan fingerprint density at radius 2 is 1.61 bits per heavy atom. The number of methoxy groups -OCH3 is 1. The Labute approximate surface area is 137 Å². The number of amides is 1. The third-order valence-electron chi connectivity index (χ3n) is 4.35. The maximum atomic E-state index is 12.9. The third kappa shape index (κ3) is 4.12. The lowest BCUT2D eigenvalue weighted by Gasteiger charge is -2.37. The van der Waals surface area contributed by atoms with Crippen LogP contribution in [-0.4, -0.2) is 49.6 Å². The number of carbonyl (C=O) groups excluding carboxylic acids is 3. The molecule has 0 heterocycles. The van der Waals surface area contributed by atoms with Crippen LogP contribution in [0, 0.1) is 23.7 Å². The van der Waals surface area contributed by atoms with Crippen LogP contribution < -0.4 is 0 Å². The van der Waals surface area contributed by atoms with E-state index in [2.05, 4.69) is 0 Å². The van der Waals surface area contributed by atoms with Crippen molar-refractivity contribution >= 4 is 17.8 Å². The zero-order valence-corrected chi connectivity index (χ0v) is 14.6. The first-order valence-electron chi connectivity index (χ1n) is 8.14. The van der Waals surface area contributed by atoms with Crippen molar-refractivity contribution in [1.82, 2.24) is 4.90 Å². The molecule has 0 N–H and O–H groups in total. The van der Waals surface area contributed by atoms with Crippen molar-refractivity contribution < 1.29 is 23.9 Å². The van der Waals surface area contributed by atoms with Crippen molar-refractivity contribution in [1.29, 1.82) is 0 Å². The summed E-state index contributed by atoms with van der Waals surface area (Å²) in [6.45, 7) is 8.70. The summed E-state index contributed by atoms with van der Waals surface area (Å²) in [5.74, 6) is -3.60. The standard InChI is InChI=1S/C17H27NO5/c1-6-18(7-2)15(19)13-11(4)9-10-12(16(20)23-8-3)14(13)17(21)22-5/h9-14H,6-8H2,1-5H3/t11-,12+,13-,14+/m0/s1. The van der Waals surface area contributed by atoms with Crippen LogP contribution in [0.1, 0.15) is 27.7 Å². The molecule has 0 saturated carbocycles. The summed E-state index contributed by atoms with van der Waals surface area (Å²) in [6.07, 6.45) is 3.48. The summed E-state index contributed by atoms with van der Waals surface area (Å²) in [6, 6.07) is 0. The summed E-state index contributed by atoms with van der Waals surface area (Å²) in [4.78, 5) is 39.1. The lowest BCUT2D eigenvalue weighted by molar-refractivity contribution is -0.164. The van der Waals surface area contributed by atoms with E-state index in [0.717, 1.165) is 0 Å². The number of allylic oxidation sites excluding steroid dienone is 1. The van der Waals surface area contributed by atoms with Gasteiger partial charge < -0.3 is 14.4 Å². The first-order chi connectivity index (χ1) is 10.9. The molecule has 0 aromatic rings. The number of rotatable bonds is 6. The second-order valence-corrected chi connectivity index (χ2v) is 5.61.